The van der Waals surface area contributed by atoms with Crippen LogP contribution in [0.5, 0.6) is 0 Å². The third-order valence-electron chi connectivity index (χ3n) is 5.43. The molecule has 1 aromatic heterocycles. The van der Waals surface area contributed by atoms with Crippen molar-refractivity contribution in [2.75, 3.05) is 23.7 Å². The molecule has 0 bridgehead atoms. The van der Waals surface area contributed by atoms with Crippen LogP contribution in [0.3, 0.4) is 0 Å². The molecule has 10 heteroatoms. The number of carbonyl (C=O) groups excluding carboxylic acids is 2. The first-order valence-electron chi connectivity index (χ1n) is 10.4. The van der Waals surface area contributed by atoms with Gasteiger partial charge in [-0.1, -0.05) is 12.1 Å². The number of sulfonamides is 1. The lowest BCUT2D eigenvalue weighted by molar-refractivity contribution is -0.117. The third kappa shape index (κ3) is 5.85. The number of thiophene rings is 1. The first-order chi connectivity index (χ1) is 15.8. The summed E-state index contributed by atoms with van der Waals surface area (Å²) in [5, 5.41) is 12.7. The summed E-state index contributed by atoms with van der Waals surface area (Å²) in [6, 6.07) is 16.7. The van der Waals surface area contributed by atoms with Gasteiger partial charge in [-0.3, -0.25) is 14.5 Å². The number of nitrogens with two attached hydrogens (primary N) is 1. The number of primary sulfonamides is 1. The zero-order chi connectivity index (χ0) is 23.4. The van der Waals surface area contributed by atoms with Crippen molar-refractivity contribution in [3.05, 3.63) is 76.5 Å². The van der Waals surface area contributed by atoms with Crippen molar-refractivity contribution in [1.82, 2.24) is 4.90 Å². The number of carbonyl (C=O) groups is 2. The largest absolute Gasteiger partial charge is 0.325 e. The Labute approximate surface area is 196 Å². The van der Waals surface area contributed by atoms with Crippen LogP contribution in [0.25, 0.3) is 0 Å². The summed E-state index contributed by atoms with van der Waals surface area (Å²) in [5.74, 6) is -0.509. The second kappa shape index (κ2) is 9.84. The Morgan fingerprint density at radius 2 is 1.82 bits per heavy atom. The van der Waals surface area contributed by atoms with E-state index < -0.39 is 15.9 Å². The molecule has 1 unspecified atom stereocenters. The molecule has 1 atom stereocenters. The molecule has 1 fully saturated rings. The second-order valence-corrected chi connectivity index (χ2v) is 10.3. The Morgan fingerprint density at radius 1 is 1.03 bits per heavy atom. The number of nitrogens with zero attached hydrogens (tertiary/aromatic N) is 1. The molecule has 8 nitrogen and oxygen atoms in total. The van der Waals surface area contributed by atoms with Gasteiger partial charge in [-0.2, -0.15) is 0 Å². The van der Waals surface area contributed by atoms with Crippen LogP contribution >= 0.6 is 11.3 Å². The van der Waals surface area contributed by atoms with Crippen molar-refractivity contribution in [2.24, 2.45) is 5.14 Å². The average molecular weight is 485 g/mol. The Balaban J connectivity index is 1.34. The molecule has 2 amide bonds. The van der Waals surface area contributed by atoms with E-state index in [0.29, 0.717) is 23.5 Å². The number of hydrogen-bond acceptors (Lipinski definition) is 6. The third-order valence-corrected chi connectivity index (χ3v) is 7.32. The lowest BCUT2D eigenvalue weighted by Crippen LogP contribution is -2.32. The van der Waals surface area contributed by atoms with Crippen molar-refractivity contribution < 1.29 is 18.0 Å². The molecule has 4 N–H and O–H groups in total. The van der Waals surface area contributed by atoms with Crippen LogP contribution in [0.1, 0.15) is 34.1 Å². The van der Waals surface area contributed by atoms with Gasteiger partial charge in [0.15, 0.2) is 0 Å². The van der Waals surface area contributed by atoms with Crippen LogP contribution in [0, 0.1) is 0 Å². The maximum atomic E-state index is 12.6. The summed E-state index contributed by atoms with van der Waals surface area (Å²) >= 11 is 1.71. The van der Waals surface area contributed by atoms with Gasteiger partial charge in [0.2, 0.25) is 15.9 Å². The highest BCUT2D eigenvalue weighted by atomic mass is 32.2. The molecule has 33 heavy (non-hydrogen) atoms. The van der Waals surface area contributed by atoms with Gasteiger partial charge in [-0.05, 0) is 73.3 Å². The molecule has 0 aliphatic carbocycles. The maximum absolute atomic E-state index is 12.6. The molecular weight excluding hydrogens is 460 g/mol. The van der Waals surface area contributed by atoms with Crippen LogP contribution in [0.4, 0.5) is 11.4 Å². The fourth-order valence-electron chi connectivity index (χ4n) is 3.86. The van der Waals surface area contributed by atoms with Gasteiger partial charge in [0.05, 0.1) is 11.4 Å². The highest BCUT2D eigenvalue weighted by molar-refractivity contribution is 7.89. The molecule has 2 aromatic carbocycles. The van der Waals surface area contributed by atoms with Crippen LogP contribution in [-0.4, -0.2) is 38.2 Å². The Hall–Kier alpha value is -3.05. The lowest BCUT2D eigenvalue weighted by Gasteiger charge is -2.22. The molecule has 2 heterocycles. The topological polar surface area (TPSA) is 122 Å². The quantitative estimate of drug-likeness (QED) is 0.474. The van der Waals surface area contributed by atoms with Gasteiger partial charge < -0.3 is 10.6 Å². The minimum absolute atomic E-state index is 0.0855. The van der Waals surface area contributed by atoms with Gasteiger partial charge >= 0.3 is 0 Å². The molecular formula is C23H24N4O4S2. The first-order valence-corrected chi connectivity index (χ1v) is 12.8. The summed E-state index contributed by atoms with van der Waals surface area (Å²) in [5.41, 5.74) is 1.28. The van der Waals surface area contributed by atoms with Crippen molar-refractivity contribution >= 4 is 44.5 Å². The highest BCUT2D eigenvalue weighted by Crippen LogP contribution is 2.34. The number of nitrogens with one attached hydrogen (secondary N) is 2. The van der Waals surface area contributed by atoms with E-state index in [9.17, 15) is 18.0 Å². The van der Waals surface area contributed by atoms with Gasteiger partial charge in [0.25, 0.3) is 5.91 Å². The monoisotopic (exact) mass is 484 g/mol. The van der Waals surface area contributed by atoms with E-state index in [1.54, 1.807) is 41.7 Å². The summed E-state index contributed by atoms with van der Waals surface area (Å²) in [4.78, 5) is 28.5. The van der Waals surface area contributed by atoms with Gasteiger partial charge in [-0.25, -0.2) is 13.6 Å². The van der Waals surface area contributed by atoms with Gasteiger partial charge in [-0.15, -0.1) is 11.3 Å². The minimum Gasteiger partial charge on any atom is -0.325 e. The molecule has 1 saturated heterocycles. The molecule has 0 radical (unpaired) electrons. The number of hydrogen-bond donors (Lipinski definition) is 3. The van der Waals surface area contributed by atoms with E-state index in [-0.39, 0.29) is 16.8 Å². The zero-order valence-electron chi connectivity index (χ0n) is 17.7. The Morgan fingerprint density at radius 3 is 2.52 bits per heavy atom. The highest BCUT2D eigenvalue weighted by Gasteiger charge is 2.28. The average Bonchev–Trinajstić information content (AvgIpc) is 3.45. The maximum Gasteiger partial charge on any atom is 0.255 e. The molecule has 0 saturated carbocycles. The summed E-state index contributed by atoms with van der Waals surface area (Å²) < 4.78 is 23.0. The van der Waals surface area contributed by atoms with Crippen LogP contribution in [0.15, 0.2) is 70.9 Å². The fraction of sp³-hybridized carbons (Fsp3) is 0.217. The summed E-state index contributed by atoms with van der Waals surface area (Å²) in [7, 11) is -3.86. The SMILES string of the molecule is NS(=O)(=O)c1cccc(NC(=O)c2ccc(NC(=O)CN3CCCC3c3cccs3)cc2)c1. The molecule has 1 aliphatic heterocycles. The summed E-state index contributed by atoms with van der Waals surface area (Å²) in [6.07, 6.45) is 2.12. The van der Waals surface area contributed by atoms with E-state index in [1.807, 2.05) is 6.07 Å². The standard InChI is InChI=1S/C23H24N4O4S2/c24-33(30,31)19-5-1-4-18(14-19)26-23(29)16-8-10-17(11-9-16)25-22(28)15-27-12-2-6-20(27)21-7-3-13-32-21/h1,3-5,7-11,13-14,20H,2,6,12,15H2,(H,25,28)(H,26,29)(H2,24,30,31). The smallest absolute Gasteiger partial charge is 0.255 e. The number of amides is 2. The summed E-state index contributed by atoms with van der Waals surface area (Å²) in [6.45, 7) is 1.20. The van der Waals surface area contributed by atoms with Crippen LogP contribution < -0.4 is 15.8 Å². The van der Waals surface area contributed by atoms with E-state index in [2.05, 4.69) is 27.0 Å². The number of benzene rings is 2. The predicted octanol–water partition coefficient (Wildman–Crippen LogP) is 3.42. The van der Waals surface area contributed by atoms with E-state index >= 15 is 0 Å². The predicted molar refractivity (Wildman–Crippen MR) is 129 cm³/mol. The van der Waals surface area contributed by atoms with Crippen LogP contribution in [0.2, 0.25) is 0 Å². The number of likely N-dealkylation sites (tertiary alicyclic amines) is 1. The normalized spacial score (nSPS) is 16.5. The molecule has 172 valence electrons. The van der Waals surface area contributed by atoms with Crippen molar-refractivity contribution in [1.29, 1.82) is 0 Å². The lowest BCUT2D eigenvalue weighted by atomic mass is 10.2. The van der Waals surface area contributed by atoms with Crippen molar-refractivity contribution in [3.8, 4) is 0 Å². The molecule has 4 rings (SSSR count). The Kier molecular flexibility index (Phi) is 6.89. The molecule has 3 aromatic rings. The zero-order valence-corrected chi connectivity index (χ0v) is 19.4. The van der Waals surface area contributed by atoms with Crippen molar-refractivity contribution in [2.45, 2.75) is 23.8 Å². The van der Waals surface area contributed by atoms with E-state index in [4.69, 9.17) is 5.14 Å². The van der Waals surface area contributed by atoms with E-state index in [1.165, 1.54) is 23.1 Å². The Bertz CT molecular complexity index is 1240. The number of anilines is 2. The van der Waals surface area contributed by atoms with Crippen molar-refractivity contribution in [3.63, 3.8) is 0 Å². The second-order valence-electron chi connectivity index (χ2n) is 7.80. The van der Waals surface area contributed by atoms with Crippen LogP contribution in [-0.2, 0) is 14.8 Å². The fourth-order valence-corrected chi connectivity index (χ4v) is 5.32. The van der Waals surface area contributed by atoms with Gasteiger partial charge in [0.1, 0.15) is 0 Å². The minimum atomic E-state index is -3.86. The molecule has 1 aliphatic rings. The van der Waals surface area contributed by atoms with Gasteiger partial charge in [0, 0.05) is 27.9 Å². The molecule has 0 spiro atoms. The van der Waals surface area contributed by atoms with E-state index in [0.717, 1.165) is 19.4 Å². The number of rotatable bonds is 7. The first kappa shape index (κ1) is 23.1.